The monoisotopic (exact) mass is 353 g/mol. The van der Waals surface area contributed by atoms with Crippen molar-refractivity contribution in [3.05, 3.63) is 53.2 Å². The number of hydrogen-bond donors (Lipinski definition) is 1. The number of carbonyl (C=O) groups excluding carboxylic acids is 1. The lowest BCUT2D eigenvalue weighted by Gasteiger charge is -2.08. The van der Waals surface area contributed by atoms with Crippen LogP contribution in [-0.2, 0) is 0 Å². The van der Waals surface area contributed by atoms with Crippen LogP contribution >= 0.6 is 0 Å². The molecular formula is C19H23N5O2. The molecule has 7 heteroatoms. The highest BCUT2D eigenvalue weighted by Crippen LogP contribution is 2.20. The first-order valence-corrected chi connectivity index (χ1v) is 8.62. The number of carbonyl (C=O) groups is 1. The van der Waals surface area contributed by atoms with E-state index in [1.165, 1.54) is 0 Å². The van der Waals surface area contributed by atoms with Gasteiger partial charge in [-0.15, -0.1) is 0 Å². The largest absolute Gasteiger partial charge is 0.340 e. The van der Waals surface area contributed by atoms with Gasteiger partial charge >= 0.3 is 0 Å². The van der Waals surface area contributed by atoms with Crippen LogP contribution in [0.2, 0.25) is 0 Å². The van der Waals surface area contributed by atoms with Crippen LogP contribution in [0.5, 0.6) is 0 Å². The summed E-state index contributed by atoms with van der Waals surface area (Å²) in [5.41, 5.74) is 3.23. The van der Waals surface area contributed by atoms with Crippen molar-refractivity contribution < 1.29 is 9.32 Å². The predicted molar refractivity (Wildman–Crippen MR) is 97.7 cm³/mol. The summed E-state index contributed by atoms with van der Waals surface area (Å²) in [5, 5.41) is 11.3. The minimum absolute atomic E-state index is 0.195. The summed E-state index contributed by atoms with van der Waals surface area (Å²) >= 11 is 0. The number of benzene rings is 1. The molecule has 3 aromatic rings. The van der Waals surface area contributed by atoms with Gasteiger partial charge in [0.05, 0.1) is 11.3 Å². The molecule has 1 amide bonds. The Morgan fingerprint density at radius 2 is 2.00 bits per heavy atom. The molecule has 0 aliphatic heterocycles. The first-order chi connectivity index (χ1) is 12.3. The third-order valence-corrected chi connectivity index (χ3v) is 4.13. The number of aromatic nitrogens is 4. The summed E-state index contributed by atoms with van der Waals surface area (Å²) in [5.74, 6) is 0.662. The Morgan fingerprint density at radius 1 is 1.23 bits per heavy atom. The lowest BCUT2D eigenvalue weighted by Crippen LogP contribution is -2.27. The highest BCUT2D eigenvalue weighted by Gasteiger charge is 2.21. The van der Waals surface area contributed by atoms with E-state index in [-0.39, 0.29) is 11.9 Å². The summed E-state index contributed by atoms with van der Waals surface area (Å²) in [7, 11) is 0. The molecule has 0 saturated carbocycles. The average molecular weight is 353 g/mol. The Hall–Kier alpha value is -2.96. The molecule has 2 aromatic heterocycles. The van der Waals surface area contributed by atoms with E-state index < -0.39 is 6.04 Å². The quantitative estimate of drug-likeness (QED) is 0.757. The number of amides is 1. The van der Waals surface area contributed by atoms with Gasteiger partial charge in [-0.1, -0.05) is 28.9 Å². The Balaban J connectivity index is 1.74. The van der Waals surface area contributed by atoms with Crippen molar-refractivity contribution >= 4 is 5.91 Å². The van der Waals surface area contributed by atoms with Crippen molar-refractivity contribution in [2.24, 2.45) is 0 Å². The van der Waals surface area contributed by atoms with E-state index in [0.717, 1.165) is 11.1 Å². The van der Waals surface area contributed by atoms with E-state index >= 15 is 0 Å². The number of aryl methyl sites for hydroxylation is 2. The van der Waals surface area contributed by atoms with Crippen molar-refractivity contribution in [3.8, 4) is 11.4 Å². The smallest absolute Gasteiger partial charge is 0.255 e. The average Bonchev–Trinajstić information content (AvgIpc) is 3.21. The Morgan fingerprint density at radius 3 is 2.65 bits per heavy atom. The molecule has 0 aliphatic carbocycles. The molecule has 3 rings (SSSR count). The van der Waals surface area contributed by atoms with Gasteiger partial charge < -0.3 is 9.84 Å². The van der Waals surface area contributed by atoms with Gasteiger partial charge in [0.25, 0.3) is 5.91 Å². The highest BCUT2D eigenvalue weighted by atomic mass is 16.5. The van der Waals surface area contributed by atoms with Gasteiger partial charge in [-0.25, -0.2) is 0 Å². The van der Waals surface area contributed by atoms with Crippen LogP contribution < -0.4 is 5.32 Å². The maximum Gasteiger partial charge on any atom is 0.255 e. The summed E-state index contributed by atoms with van der Waals surface area (Å²) in [4.78, 5) is 17.0. The van der Waals surface area contributed by atoms with Crippen LogP contribution in [0.3, 0.4) is 0 Å². The lowest BCUT2D eigenvalue weighted by molar-refractivity contribution is 0.0932. The van der Waals surface area contributed by atoms with Crippen molar-refractivity contribution in [1.29, 1.82) is 0 Å². The van der Waals surface area contributed by atoms with E-state index in [0.29, 0.717) is 23.0 Å². The standard InChI is InChI=1S/C19H23N5O2/c1-11(2)24-10-16(13(4)22-24)18(25)20-14(5)19-21-17(23-26-19)15-8-6-7-12(3)9-15/h6-11,14H,1-5H3,(H,20,25)/t14-/m1/s1. The van der Waals surface area contributed by atoms with Gasteiger partial charge in [0.2, 0.25) is 11.7 Å². The molecule has 26 heavy (non-hydrogen) atoms. The fourth-order valence-corrected chi connectivity index (χ4v) is 2.62. The minimum Gasteiger partial charge on any atom is -0.340 e. The zero-order valence-electron chi connectivity index (χ0n) is 15.6. The van der Waals surface area contributed by atoms with Crippen LogP contribution in [0.4, 0.5) is 0 Å². The lowest BCUT2D eigenvalue weighted by atomic mass is 10.1. The predicted octanol–water partition coefficient (Wildman–Crippen LogP) is 3.62. The van der Waals surface area contributed by atoms with Crippen molar-refractivity contribution in [3.63, 3.8) is 0 Å². The first-order valence-electron chi connectivity index (χ1n) is 8.62. The van der Waals surface area contributed by atoms with Crippen molar-refractivity contribution in [2.75, 3.05) is 0 Å². The maximum absolute atomic E-state index is 12.6. The van der Waals surface area contributed by atoms with Crippen LogP contribution in [0.25, 0.3) is 11.4 Å². The second-order valence-corrected chi connectivity index (χ2v) is 6.72. The molecule has 0 aliphatic rings. The van der Waals surface area contributed by atoms with Gasteiger partial charge in [-0.2, -0.15) is 10.1 Å². The Labute approximate surface area is 152 Å². The summed E-state index contributed by atoms with van der Waals surface area (Å²) in [6.45, 7) is 9.67. The second kappa shape index (κ2) is 7.11. The van der Waals surface area contributed by atoms with Crippen LogP contribution in [0.15, 0.2) is 35.0 Å². The van der Waals surface area contributed by atoms with Gasteiger partial charge in [0, 0.05) is 17.8 Å². The van der Waals surface area contributed by atoms with Crippen molar-refractivity contribution in [2.45, 2.75) is 46.7 Å². The van der Waals surface area contributed by atoms with Gasteiger partial charge in [0.1, 0.15) is 6.04 Å². The Bertz CT molecular complexity index is 926. The molecule has 0 saturated heterocycles. The highest BCUT2D eigenvalue weighted by molar-refractivity contribution is 5.95. The van der Waals surface area contributed by atoms with Gasteiger partial charge in [0.15, 0.2) is 0 Å². The van der Waals surface area contributed by atoms with Gasteiger partial charge in [-0.05, 0) is 40.7 Å². The van der Waals surface area contributed by atoms with E-state index in [9.17, 15) is 4.79 Å². The third kappa shape index (κ3) is 3.66. The molecule has 136 valence electrons. The molecule has 1 atom stereocenters. The fourth-order valence-electron chi connectivity index (χ4n) is 2.62. The number of nitrogens with zero attached hydrogens (tertiary/aromatic N) is 4. The minimum atomic E-state index is -0.407. The fraction of sp³-hybridized carbons (Fsp3) is 0.368. The summed E-state index contributed by atoms with van der Waals surface area (Å²) in [6.07, 6.45) is 1.76. The molecule has 0 spiro atoms. The van der Waals surface area contributed by atoms with E-state index in [2.05, 4.69) is 20.6 Å². The maximum atomic E-state index is 12.6. The van der Waals surface area contributed by atoms with Crippen LogP contribution in [0.1, 0.15) is 60.4 Å². The molecule has 0 unspecified atom stereocenters. The molecule has 7 nitrogen and oxygen atoms in total. The molecule has 2 heterocycles. The summed E-state index contributed by atoms with van der Waals surface area (Å²) < 4.78 is 7.11. The van der Waals surface area contributed by atoms with Crippen molar-refractivity contribution in [1.82, 2.24) is 25.2 Å². The number of rotatable bonds is 5. The van der Waals surface area contributed by atoms with E-state index in [1.807, 2.05) is 58.9 Å². The zero-order valence-corrected chi connectivity index (χ0v) is 15.6. The number of hydrogen-bond acceptors (Lipinski definition) is 5. The van der Waals surface area contributed by atoms with Crippen LogP contribution in [-0.4, -0.2) is 25.8 Å². The zero-order chi connectivity index (χ0) is 18.8. The van der Waals surface area contributed by atoms with Gasteiger partial charge in [-0.3, -0.25) is 9.48 Å². The topological polar surface area (TPSA) is 85.8 Å². The molecule has 1 N–H and O–H groups in total. The first kappa shape index (κ1) is 17.8. The van der Waals surface area contributed by atoms with E-state index in [4.69, 9.17) is 4.52 Å². The molecule has 0 bridgehead atoms. The summed E-state index contributed by atoms with van der Waals surface area (Å²) in [6, 6.07) is 7.65. The molecule has 0 fully saturated rings. The van der Waals surface area contributed by atoms with E-state index in [1.54, 1.807) is 10.9 Å². The third-order valence-electron chi connectivity index (χ3n) is 4.13. The second-order valence-electron chi connectivity index (χ2n) is 6.72. The van der Waals surface area contributed by atoms with Crippen LogP contribution in [0, 0.1) is 13.8 Å². The normalized spacial score (nSPS) is 12.4. The molecule has 0 radical (unpaired) electrons. The molecular weight excluding hydrogens is 330 g/mol. The Kier molecular flexibility index (Phi) is 4.88. The molecule has 1 aromatic carbocycles. The SMILES string of the molecule is Cc1cccc(-c2noc([C@@H](C)NC(=O)c3cn(C(C)C)nc3C)n2)c1. The number of nitrogens with one attached hydrogen (secondary N) is 1.